The number of hydrogen-bond acceptors (Lipinski definition) is 2. The van der Waals surface area contributed by atoms with Crippen LogP contribution in [0.15, 0.2) is 36.4 Å². The van der Waals surface area contributed by atoms with Gasteiger partial charge in [0.05, 0.1) is 0 Å². The molecule has 0 bridgehead atoms. The molecule has 1 atom stereocenters. The second-order valence-electron chi connectivity index (χ2n) is 4.82. The number of unbranched alkanes of at least 4 members (excludes halogenated alkanes) is 2. The first kappa shape index (κ1) is 12.9. The molecule has 0 aliphatic rings. The summed E-state index contributed by atoms with van der Waals surface area (Å²) in [7, 11) is 0. The zero-order chi connectivity index (χ0) is 13.0. The van der Waals surface area contributed by atoms with Crippen LogP contribution in [0.4, 0.5) is 0 Å². The highest BCUT2D eigenvalue weighted by Crippen LogP contribution is 2.33. The molecular weight excluding hydrogens is 222 g/mol. The van der Waals surface area contributed by atoms with E-state index in [0.717, 1.165) is 29.2 Å². The first-order valence-electron chi connectivity index (χ1n) is 6.70. The highest BCUT2D eigenvalue weighted by molar-refractivity contribution is 5.88. The molecule has 0 heterocycles. The summed E-state index contributed by atoms with van der Waals surface area (Å²) in [6.45, 7) is 2.18. The summed E-state index contributed by atoms with van der Waals surface area (Å²) in [4.78, 5) is 0. The Morgan fingerprint density at radius 2 is 1.89 bits per heavy atom. The van der Waals surface area contributed by atoms with Crippen LogP contribution in [0.2, 0.25) is 0 Å². The number of phenolic OH excluding ortho intramolecular Hbond substituents is 1. The Morgan fingerprint density at radius 1 is 1.11 bits per heavy atom. The van der Waals surface area contributed by atoms with E-state index in [1.54, 1.807) is 6.07 Å². The van der Waals surface area contributed by atoms with Crippen LogP contribution in [0.1, 0.15) is 44.2 Å². The first-order valence-corrected chi connectivity index (χ1v) is 6.70. The Labute approximate surface area is 108 Å². The minimum atomic E-state index is -0.0809. The van der Waals surface area contributed by atoms with Crippen molar-refractivity contribution in [3.8, 4) is 5.75 Å². The van der Waals surface area contributed by atoms with Gasteiger partial charge < -0.3 is 10.8 Å². The van der Waals surface area contributed by atoms with Gasteiger partial charge in [-0.05, 0) is 23.3 Å². The maximum absolute atomic E-state index is 10.1. The van der Waals surface area contributed by atoms with E-state index in [-0.39, 0.29) is 6.04 Å². The van der Waals surface area contributed by atoms with Crippen molar-refractivity contribution in [3.05, 3.63) is 42.0 Å². The highest BCUT2D eigenvalue weighted by atomic mass is 16.3. The maximum atomic E-state index is 10.1. The van der Waals surface area contributed by atoms with E-state index in [1.165, 1.54) is 12.8 Å². The first-order chi connectivity index (χ1) is 8.74. The topological polar surface area (TPSA) is 46.2 Å². The lowest BCUT2D eigenvalue weighted by Gasteiger charge is -2.16. The van der Waals surface area contributed by atoms with Crippen molar-refractivity contribution in [2.24, 2.45) is 5.73 Å². The Hall–Kier alpha value is -1.54. The number of rotatable bonds is 5. The molecule has 2 heteroatoms. The van der Waals surface area contributed by atoms with Crippen LogP contribution in [0.3, 0.4) is 0 Å². The third-order valence-corrected chi connectivity index (χ3v) is 3.44. The van der Waals surface area contributed by atoms with Crippen molar-refractivity contribution in [3.63, 3.8) is 0 Å². The van der Waals surface area contributed by atoms with E-state index in [4.69, 9.17) is 5.73 Å². The summed E-state index contributed by atoms with van der Waals surface area (Å²) in [6, 6.07) is 11.7. The summed E-state index contributed by atoms with van der Waals surface area (Å²) < 4.78 is 0. The van der Waals surface area contributed by atoms with Crippen molar-refractivity contribution in [1.82, 2.24) is 0 Å². The summed E-state index contributed by atoms with van der Waals surface area (Å²) in [5.41, 5.74) is 7.14. The van der Waals surface area contributed by atoms with Gasteiger partial charge >= 0.3 is 0 Å². The number of nitrogens with two attached hydrogens (primary N) is 1. The molecule has 0 spiro atoms. The van der Waals surface area contributed by atoms with Gasteiger partial charge in [0.15, 0.2) is 0 Å². The lowest BCUT2D eigenvalue weighted by atomic mass is 9.95. The zero-order valence-corrected chi connectivity index (χ0v) is 10.9. The van der Waals surface area contributed by atoms with Crippen LogP contribution in [0.25, 0.3) is 10.8 Å². The fourth-order valence-corrected chi connectivity index (χ4v) is 2.43. The normalized spacial score (nSPS) is 12.8. The van der Waals surface area contributed by atoms with Crippen LogP contribution < -0.4 is 5.73 Å². The summed E-state index contributed by atoms with van der Waals surface area (Å²) in [5.74, 6) is 0.317. The van der Waals surface area contributed by atoms with Crippen molar-refractivity contribution in [2.75, 3.05) is 0 Å². The molecule has 0 unspecified atom stereocenters. The SMILES string of the molecule is CCCCC[C@H](N)c1c(O)ccc2ccccc12. The number of benzene rings is 2. The molecule has 0 aliphatic heterocycles. The lowest BCUT2D eigenvalue weighted by Crippen LogP contribution is -2.11. The average Bonchev–Trinajstić information content (AvgIpc) is 2.38. The average molecular weight is 243 g/mol. The van der Waals surface area contributed by atoms with Gasteiger partial charge in [-0.1, -0.05) is 56.5 Å². The van der Waals surface area contributed by atoms with E-state index in [1.807, 2.05) is 24.3 Å². The van der Waals surface area contributed by atoms with Crippen LogP contribution in [-0.2, 0) is 0 Å². The molecule has 0 amide bonds. The minimum Gasteiger partial charge on any atom is -0.508 e. The van der Waals surface area contributed by atoms with Gasteiger partial charge in [-0.3, -0.25) is 0 Å². The fraction of sp³-hybridized carbons (Fsp3) is 0.375. The Bertz CT molecular complexity index is 521. The molecular formula is C16H21NO. The molecule has 18 heavy (non-hydrogen) atoms. The highest BCUT2D eigenvalue weighted by Gasteiger charge is 2.14. The van der Waals surface area contributed by atoms with E-state index in [9.17, 15) is 5.11 Å². The summed E-state index contributed by atoms with van der Waals surface area (Å²) in [6.07, 6.45) is 4.42. The van der Waals surface area contributed by atoms with Gasteiger partial charge in [-0.15, -0.1) is 0 Å². The quantitative estimate of drug-likeness (QED) is 0.776. The molecule has 2 aromatic carbocycles. The lowest BCUT2D eigenvalue weighted by molar-refractivity contribution is 0.457. The number of hydrogen-bond donors (Lipinski definition) is 2. The molecule has 0 fully saturated rings. The van der Waals surface area contributed by atoms with Crippen LogP contribution >= 0.6 is 0 Å². The smallest absolute Gasteiger partial charge is 0.120 e. The van der Waals surface area contributed by atoms with Gasteiger partial charge in [0.1, 0.15) is 5.75 Å². The largest absolute Gasteiger partial charge is 0.508 e. The van der Waals surface area contributed by atoms with Crippen molar-refractivity contribution < 1.29 is 5.11 Å². The molecule has 0 radical (unpaired) electrons. The number of fused-ring (bicyclic) bond motifs is 1. The Kier molecular flexibility index (Phi) is 4.21. The minimum absolute atomic E-state index is 0.0809. The maximum Gasteiger partial charge on any atom is 0.120 e. The molecule has 0 aromatic heterocycles. The second-order valence-corrected chi connectivity index (χ2v) is 4.82. The van der Waals surface area contributed by atoms with Gasteiger partial charge in [0.25, 0.3) is 0 Å². The van der Waals surface area contributed by atoms with E-state index >= 15 is 0 Å². The molecule has 0 saturated carbocycles. The predicted octanol–water partition coefficient (Wildman–Crippen LogP) is 4.13. The zero-order valence-electron chi connectivity index (χ0n) is 10.9. The van der Waals surface area contributed by atoms with Gasteiger partial charge in [0.2, 0.25) is 0 Å². The van der Waals surface area contributed by atoms with Crippen molar-refractivity contribution >= 4 is 10.8 Å². The van der Waals surface area contributed by atoms with Gasteiger partial charge in [-0.25, -0.2) is 0 Å². The number of phenols is 1. The third-order valence-electron chi connectivity index (χ3n) is 3.44. The number of aromatic hydroxyl groups is 1. The van der Waals surface area contributed by atoms with E-state index < -0.39 is 0 Å². The van der Waals surface area contributed by atoms with Crippen LogP contribution in [0, 0.1) is 0 Å². The molecule has 2 rings (SSSR count). The van der Waals surface area contributed by atoms with E-state index in [0.29, 0.717) is 5.75 Å². The monoisotopic (exact) mass is 243 g/mol. The summed E-state index contributed by atoms with van der Waals surface area (Å²) >= 11 is 0. The van der Waals surface area contributed by atoms with Crippen molar-refractivity contribution in [2.45, 2.75) is 38.6 Å². The molecule has 3 N–H and O–H groups in total. The summed E-state index contributed by atoms with van der Waals surface area (Å²) in [5, 5.41) is 12.3. The predicted molar refractivity (Wildman–Crippen MR) is 76.7 cm³/mol. The van der Waals surface area contributed by atoms with Crippen molar-refractivity contribution in [1.29, 1.82) is 0 Å². The molecule has 0 saturated heterocycles. The molecule has 2 nitrogen and oxygen atoms in total. The molecule has 96 valence electrons. The van der Waals surface area contributed by atoms with Crippen LogP contribution in [-0.4, -0.2) is 5.11 Å². The standard InChI is InChI=1S/C16H21NO/c1-2-3-4-9-14(17)16-13-8-6-5-7-12(13)10-11-15(16)18/h5-8,10-11,14,18H,2-4,9,17H2,1H3/t14-/m0/s1. The van der Waals surface area contributed by atoms with Gasteiger partial charge in [-0.2, -0.15) is 0 Å². The fourth-order valence-electron chi connectivity index (χ4n) is 2.43. The molecule has 0 aliphatic carbocycles. The Balaban J connectivity index is 2.33. The van der Waals surface area contributed by atoms with Gasteiger partial charge in [0, 0.05) is 11.6 Å². The second kappa shape index (κ2) is 5.87. The molecule has 2 aromatic rings. The Morgan fingerprint density at radius 3 is 2.67 bits per heavy atom. The third kappa shape index (κ3) is 2.65. The van der Waals surface area contributed by atoms with E-state index in [2.05, 4.69) is 13.0 Å². The van der Waals surface area contributed by atoms with Crippen LogP contribution in [0.5, 0.6) is 5.75 Å².